The van der Waals surface area contributed by atoms with Crippen LogP contribution in [0.25, 0.3) is 11.3 Å². The molecule has 2 saturated heterocycles. The van der Waals surface area contributed by atoms with E-state index in [-0.39, 0.29) is 29.1 Å². The van der Waals surface area contributed by atoms with Crippen molar-refractivity contribution in [1.29, 1.82) is 0 Å². The van der Waals surface area contributed by atoms with E-state index in [1.807, 2.05) is 6.07 Å². The first-order chi connectivity index (χ1) is 26.4. The molecule has 8 rings (SSSR count). The van der Waals surface area contributed by atoms with Gasteiger partial charge in [-0.25, -0.2) is 15.0 Å². The number of anilines is 5. The van der Waals surface area contributed by atoms with Crippen molar-refractivity contribution in [3.63, 3.8) is 0 Å². The lowest BCUT2D eigenvalue weighted by molar-refractivity contribution is -0.111. The molecular formula is C40H48N10O5. The van der Waals surface area contributed by atoms with Crippen molar-refractivity contribution in [2.24, 2.45) is 12.5 Å². The molecule has 3 N–H and O–H groups in total. The number of carbonyl (C=O) groups excluding carboxylic acids is 2. The minimum absolute atomic E-state index is 0.0172. The quantitative estimate of drug-likeness (QED) is 0.215. The molecule has 2 amide bonds. The molecule has 15 heteroatoms. The van der Waals surface area contributed by atoms with E-state index in [0.29, 0.717) is 58.1 Å². The molecule has 1 unspecified atom stereocenters. The van der Waals surface area contributed by atoms with E-state index < -0.39 is 12.2 Å². The summed E-state index contributed by atoms with van der Waals surface area (Å²) >= 11 is 0. The van der Waals surface area contributed by atoms with Crippen molar-refractivity contribution in [3.8, 4) is 11.3 Å². The van der Waals surface area contributed by atoms with Crippen molar-refractivity contribution in [2.75, 3.05) is 59.8 Å². The fourth-order valence-electron chi connectivity index (χ4n) is 8.46. The second-order valence-electron chi connectivity index (χ2n) is 15.8. The van der Waals surface area contributed by atoms with Gasteiger partial charge >= 0.3 is 0 Å². The molecule has 0 aromatic carbocycles. The molecule has 7 heterocycles. The van der Waals surface area contributed by atoms with E-state index in [9.17, 15) is 19.5 Å². The Hall–Kier alpha value is -5.38. The normalized spacial score (nSPS) is 19.7. The molecule has 0 spiro atoms. The molecule has 15 nitrogen and oxygen atoms in total. The van der Waals surface area contributed by atoms with Crippen molar-refractivity contribution in [3.05, 3.63) is 82.3 Å². The lowest BCUT2D eigenvalue weighted by atomic mass is 9.90. The summed E-state index contributed by atoms with van der Waals surface area (Å²) in [5.41, 5.74) is 5.16. The topological polar surface area (TPSA) is 163 Å². The Labute approximate surface area is 319 Å². The number of aliphatic hydroxyl groups is 1. The number of nitrogens with zero attached hydrogens (tertiary/aromatic N) is 8. The number of aromatic nitrogens is 5. The number of amides is 2. The number of fused-ring (bicyclic) bond motifs is 3. The zero-order valence-corrected chi connectivity index (χ0v) is 31.8. The van der Waals surface area contributed by atoms with Gasteiger partial charge in [-0.05, 0) is 61.4 Å². The van der Waals surface area contributed by atoms with Gasteiger partial charge in [0.15, 0.2) is 11.6 Å². The van der Waals surface area contributed by atoms with Gasteiger partial charge in [-0.2, -0.15) is 0 Å². The summed E-state index contributed by atoms with van der Waals surface area (Å²) < 4.78 is 8.99. The van der Waals surface area contributed by atoms with Crippen LogP contribution in [0.5, 0.6) is 0 Å². The van der Waals surface area contributed by atoms with Crippen LogP contribution < -0.4 is 26.0 Å². The molecule has 1 aliphatic carbocycles. The maximum absolute atomic E-state index is 14.2. The van der Waals surface area contributed by atoms with E-state index in [1.165, 1.54) is 21.9 Å². The van der Waals surface area contributed by atoms with Gasteiger partial charge in [0.25, 0.3) is 11.5 Å². The first kappa shape index (κ1) is 36.6. The Bertz CT molecular complexity index is 2240. The molecule has 4 aromatic rings. The number of nitrogens with one attached hydrogen (secondary N) is 2. The van der Waals surface area contributed by atoms with Gasteiger partial charge in [0, 0.05) is 75.0 Å². The molecule has 3 aliphatic heterocycles. The van der Waals surface area contributed by atoms with Crippen LogP contribution >= 0.6 is 0 Å². The number of aliphatic hydroxyl groups excluding tert-OH is 1. The third-order valence-electron chi connectivity index (χ3n) is 11.3. The maximum atomic E-state index is 14.2. The fraction of sp³-hybridized carbons (Fsp3) is 0.450. The number of hydrogen-bond donors (Lipinski definition) is 3. The van der Waals surface area contributed by atoms with Crippen molar-refractivity contribution < 1.29 is 19.4 Å². The van der Waals surface area contributed by atoms with Gasteiger partial charge in [0.2, 0.25) is 5.91 Å². The molecule has 1 atom stereocenters. The summed E-state index contributed by atoms with van der Waals surface area (Å²) in [6.45, 7) is 14.9. The van der Waals surface area contributed by atoms with Gasteiger partial charge < -0.3 is 34.5 Å². The molecule has 4 aliphatic rings. The Balaban J connectivity index is 1.09. The summed E-state index contributed by atoms with van der Waals surface area (Å²) in [4.78, 5) is 60.6. The van der Waals surface area contributed by atoms with Gasteiger partial charge in [0.05, 0.1) is 49.1 Å². The largest absolute Gasteiger partial charge is 0.392 e. The Kier molecular flexibility index (Phi) is 9.55. The van der Waals surface area contributed by atoms with Crippen molar-refractivity contribution in [2.45, 2.75) is 65.3 Å². The number of rotatable bonds is 9. The molecule has 288 valence electrons. The SMILES string of the molecule is C=CC(=O)Nc1cc(Nc2nc(-c3ccnc(N4CCCn5c(cc6c5CC(C)(C)C6)C4=O)c3CO)cn(C)c2=O)cnc1N1CCN(C2COC2)CC1C. The predicted molar refractivity (Wildman–Crippen MR) is 210 cm³/mol. The van der Waals surface area contributed by atoms with Crippen LogP contribution in [-0.4, -0.2) is 97.4 Å². The highest BCUT2D eigenvalue weighted by Crippen LogP contribution is 2.40. The highest BCUT2D eigenvalue weighted by Gasteiger charge is 2.37. The molecule has 55 heavy (non-hydrogen) atoms. The van der Waals surface area contributed by atoms with Crippen LogP contribution in [0.15, 0.2) is 54.2 Å². The first-order valence-corrected chi connectivity index (χ1v) is 18.9. The first-order valence-electron chi connectivity index (χ1n) is 18.9. The molecule has 0 radical (unpaired) electrons. The van der Waals surface area contributed by atoms with E-state index in [2.05, 4.69) is 57.3 Å². The standard InChI is InChI=1S/C40H48N10O5/c1-6-34(52)44-30-15-26(18-42-37(30)48-13-12-47(19-24(48)2)27-22-55-23-27)43-35-39(54)46(5)20-31(45-35)28-8-9-41-36(29(28)21-51)50-11-7-10-49-32(38(50)53)14-25-16-40(3,4)17-33(25)49/h6,8-9,14-15,18,20,24,27,51H,1,7,10-13,16-17,19,21-23H2,2-5H3,(H,43,45)(H,44,52). The lowest BCUT2D eigenvalue weighted by Gasteiger charge is -2.46. The van der Waals surface area contributed by atoms with Crippen LogP contribution in [0.2, 0.25) is 0 Å². The Morgan fingerprint density at radius 1 is 1.11 bits per heavy atom. The average molecular weight is 749 g/mol. The molecule has 4 aromatic heterocycles. The van der Waals surface area contributed by atoms with Gasteiger partial charge in [0.1, 0.15) is 11.5 Å². The number of aryl methyl sites for hydroxylation is 1. The van der Waals surface area contributed by atoms with E-state index in [4.69, 9.17) is 14.7 Å². The number of hydrogen-bond acceptors (Lipinski definition) is 11. The average Bonchev–Trinajstić information content (AvgIpc) is 3.56. The third kappa shape index (κ3) is 6.80. The number of piperazine rings is 1. The van der Waals surface area contributed by atoms with Crippen LogP contribution in [0, 0.1) is 5.41 Å². The van der Waals surface area contributed by atoms with E-state index in [1.54, 1.807) is 42.7 Å². The Morgan fingerprint density at radius 2 is 1.93 bits per heavy atom. The maximum Gasteiger partial charge on any atom is 0.293 e. The summed E-state index contributed by atoms with van der Waals surface area (Å²) in [5, 5.41) is 16.8. The molecule has 0 saturated carbocycles. The smallest absolute Gasteiger partial charge is 0.293 e. The fourth-order valence-corrected chi connectivity index (χ4v) is 8.46. The summed E-state index contributed by atoms with van der Waals surface area (Å²) in [5.74, 6) is 0.461. The number of pyridine rings is 2. The summed E-state index contributed by atoms with van der Waals surface area (Å²) in [7, 11) is 1.63. The zero-order valence-electron chi connectivity index (χ0n) is 31.8. The van der Waals surface area contributed by atoms with Gasteiger partial charge in [-0.3, -0.25) is 24.2 Å². The predicted octanol–water partition coefficient (Wildman–Crippen LogP) is 3.48. The van der Waals surface area contributed by atoms with E-state index >= 15 is 0 Å². The minimum atomic E-state index is -0.403. The second-order valence-corrected chi connectivity index (χ2v) is 15.8. The van der Waals surface area contributed by atoms with Gasteiger partial charge in [-0.1, -0.05) is 20.4 Å². The van der Waals surface area contributed by atoms with Crippen LogP contribution in [0.1, 0.15) is 54.5 Å². The lowest BCUT2D eigenvalue weighted by Crippen LogP contribution is -2.59. The molecule has 0 bridgehead atoms. The number of carbonyl (C=O) groups is 2. The van der Waals surface area contributed by atoms with Crippen molar-refractivity contribution in [1.82, 2.24) is 29.0 Å². The summed E-state index contributed by atoms with van der Waals surface area (Å²) in [6.07, 6.45) is 8.61. The highest BCUT2D eigenvalue weighted by atomic mass is 16.5. The minimum Gasteiger partial charge on any atom is -0.392 e. The van der Waals surface area contributed by atoms with Gasteiger partial charge in [-0.15, -0.1) is 0 Å². The zero-order chi connectivity index (χ0) is 38.6. The van der Waals surface area contributed by atoms with E-state index in [0.717, 1.165) is 58.7 Å². The van der Waals surface area contributed by atoms with Crippen molar-refractivity contribution >= 4 is 40.6 Å². The van der Waals surface area contributed by atoms with Crippen LogP contribution in [0.3, 0.4) is 0 Å². The monoisotopic (exact) mass is 748 g/mol. The number of ether oxygens (including phenoxy) is 1. The molecule has 2 fully saturated rings. The highest BCUT2D eigenvalue weighted by molar-refractivity contribution is 6.06. The molecular weight excluding hydrogens is 701 g/mol. The Morgan fingerprint density at radius 3 is 2.65 bits per heavy atom. The van der Waals surface area contributed by atoms with Crippen LogP contribution in [0.4, 0.5) is 28.8 Å². The summed E-state index contributed by atoms with van der Waals surface area (Å²) in [6, 6.07) is 6.05. The third-order valence-corrected chi connectivity index (χ3v) is 11.3. The second kappa shape index (κ2) is 14.4. The van der Waals surface area contributed by atoms with Crippen LogP contribution in [-0.2, 0) is 42.6 Å².